The van der Waals surface area contributed by atoms with Crippen molar-refractivity contribution in [3.63, 3.8) is 0 Å². The third-order valence-corrected chi connectivity index (χ3v) is 4.56. The van der Waals surface area contributed by atoms with Crippen molar-refractivity contribution in [1.29, 1.82) is 0 Å². The van der Waals surface area contributed by atoms with E-state index in [-0.39, 0.29) is 12.7 Å². The lowest BCUT2D eigenvalue weighted by molar-refractivity contribution is -0.142. The molecular weight excluding hydrogens is 354 g/mol. The normalized spacial score (nSPS) is 17.7. The van der Waals surface area contributed by atoms with E-state index in [9.17, 15) is 4.79 Å². The van der Waals surface area contributed by atoms with Crippen LogP contribution in [0.2, 0.25) is 5.02 Å². The third-order valence-electron chi connectivity index (χ3n) is 4.31. The molecule has 2 aromatic rings. The second kappa shape index (κ2) is 9.03. The van der Waals surface area contributed by atoms with Gasteiger partial charge in [-0.15, -0.1) is 0 Å². The number of methoxy groups -OCH3 is 1. The fourth-order valence-corrected chi connectivity index (χ4v) is 3.00. The van der Waals surface area contributed by atoms with E-state index < -0.39 is 5.97 Å². The minimum absolute atomic E-state index is 0.0590. The van der Waals surface area contributed by atoms with Crippen LogP contribution in [0.1, 0.15) is 17.2 Å². The number of morpholine rings is 1. The first-order valence-electron chi connectivity index (χ1n) is 8.52. The standard InChI is InChI=1S/C20H22ClNO4/c1-24-20(23)14-26-18-8-2-15(3-9-18)12-22-10-11-25-19(13-22)16-4-6-17(21)7-5-16/h2-9,19H,10-14H2,1H3. The van der Waals surface area contributed by atoms with Gasteiger partial charge in [0.05, 0.1) is 19.8 Å². The average molecular weight is 376 g/mol. The molecule has 5 nitrogen and oxygen atoms in total. The van der Waals surface area contributed by atoms with Gasteiger partial charge in [-0.25, -0.2) is 4.79 Å². The fourth-order valence-electron chi connectivity index (χ4n) is 2.88. The van der Waals surface area contributed by atoms with Crippen LogP contribution < -0.4 is 4.74 Å². The fraction of sp³-hybridized carbons (Fsp3) is 0.350. The summed E-state index contributed by atoms with van der Waals surface area (Å²) in [5.74, 6) is 0.260. The van der Waals surface area contributed by atoms with Gasteiger partial charge in [0.25, 0.3) is 0 Å². The molecule has 1 aliphatic heterocycles. The summed E-state index contributed by atoms with van der Waals surface area (Å²) in [4.78, 5) is 13.5. The second-order valence-corrected chi connectivity index (χ2v) is 6.59. The largest absolute Gasteiger partial charge is 0.482 e. The molecule has 1 aliphatic rings. The van der Waals surface area contributed by atoms with Crippen LogP contribution in [0.5, 0.6) is 5.75 Å². The molecule has 0 radical (unpaired) electrons. The molecule has 1 fully saturated rings. The van der Waals surface area contributed by atoms with Crippen molar-refractivity contribution in [2.45, 2.75) is 12.6 Å². The highest BCUT2D eigenvalue weighted by Crippen LogP contribution is 2.25. The van der Waals surface area contributed by atoms with E-state index in [0.29, 0.717) is 12.4 Å². The highest BCUT2D eigenvalue weighted by atomic mass is 35.5. The van der Waals surface area contributed by atoms with Gasteiger partial charge in [-0.3, -0.25) is 4.90 Å². The van der Waals surface area contributed by atoms with Crippen LogP contribution in [-0.4, -0.2) is 44.3 Å². The summed E-state index contributed by atoms with van der Waals surface area (Å²) in [6, 6.07) is 15.6. The van der Waals surface area contributed by atoms with Crippen LogP contribution in [0.15, 0.2) is 48.5 Å². The van der Waals surface area contributed by atoms with Gasteiger partial charge in [-0.05, 0) is 35.4 Å². The molecule has 1 unspecified atom stereocenters. The monoisotopic (exact) mass is 375 g/mol. The number of hydrogen-bond donors (Lipinski definition) is 0. The van der Waals surface area contributed by atoms with Crippen molar-refractivity contribution >= 4 is 17.6 Å². The Morgan fingerprint density at radius 3 is 2.62 bits per heavy atom. The van der Waals surface area contributed by atoms with E-state index in [1.165, 1.54) is 12.7 Å². The number of hydrogen-bond acceptors (Lipinski definition) is 5. The molecule has 0 bridgehead atoms. The molecule has 6 heteroatoms. The molecular formula is C20H22ClNO4. The van der Waals surface area contributed by atoms with E-state index in [4.69, 9.17) is 21.1 Å². The summed E-state index contributed by atoms with van der Waals surface area (Å²) in [7, 11) is 1.34. The number of benzene rings is 2. The highest BCUT2D eigenvalue weighted by molar-refractivity contribution is 6.30. The number of rotatable bonds is 6. The van der Waals surface area contributed by atoms with E-state index in [2.05, 4.69) is 9.64 Å². The van der Waals surface area contributed by atoms with Crippen molar-refractivity contribution in [3.05, 3.63) is 64.7 Å². The van der Waals surface area contributed by atoms with Crippen molar-refractivity contribution in [2.24, 2.45) is 0 Å². The first kappa shape index (κ1) is 18.7. The van der Waals surface area contributed by atoms with E-state index in [0.717, 1.165) is 30.2 Å². The van der Waals surface area contributed by atoms with E-state index >= 15 is 0 Å². The van der Waals surface area contributed by atoms with Gasteiger partial charge in [0.15, 0.2) is 6.61 Å². The maximum Gasteiger partial charge on any atom is 0.343 e. The zero-order chi connectivity index (χ0) is 18.4. The number of ether oxygens (including phenoxy) is 3. The molecule has 26 heavy (non-hydrogen) atoms. The average Bonchev–Trinajstić information content (AvgIpc) is 2.68. The van der Waals surface area contributed by atoms with Gasteiger partial charge < -0.3 is 14.2 Å². The molecule has 0 amide bonds. The minimum Gasteiger partial charge on any atom is -0.482 e. The molecule has 138 valence electrons. The summed E-state index contributed by atoms with van der Waals surface area (Å²) >= 11 is 5.96. The van der Waals surface area contributed by atoms with Crippen molar-refractivity contribution in [1.82, 2.24) is 4.90 Å². The van der Waals surface area contributed by atoms with Gasteiger partial charge in [0.2, 0.25) is 0 Å². The Hall–Kier alpha value is -2.08. The Balaban J connectivity index is 1.54. The number of carbonyl (C=O) groups is 1. The summed E-state index contributed by atoms with van der Waals surface area (Å²) in [6.45, 7) is 3.19. The topological polar surface area (TPSA) is 48.0 Å². The highest BCUT2D eigenvalue weighted by Gasteiger charge is 2.22. The molecule has 2 aromatic carbocycles. The van der Waals surface area contributed by atoms with Gasteiger partial charge in [0, 0.05) is 24.7 Å². The van der Waals surface area contributed by atoms with E-state index in [1.807, 2.05) is 48.5 Å². The quantitative estimate of drug-likeness (QED) is 0.723. The first-order valence-corrected chi connectivity index (χ1v) is 8.90. The lowest BCUT2D eigenvalue weighted by atomic mass is 10.1. The molecule has 0 N–H and O–H groups in total. The van der Waals surface area contributed by atoms with Gasteiger partial charge in [-0.2, -0.15) is 0 Å². The second-order valence-electron chi connectivity index (χ2n) is 6.15. The SMILES string of the molecule is COC(=O)COc1ccc(CN2CCOC(c3ccc(Cl)cc3)C2)cc1. The molecule has 1 saturated heterocycles. The number of carbonyl (C=O) groups excluding carboxylic acids is 1. The Labute approximate surface area is 158 Å². The smallest absolute Gasteiger partial charge is 0.343 e. The number of halogens is 1. The lowest BCUT2D eigenvalue weighted by Crippen LogP contribution is -2.37. The predicted molar refractivity (Wildman–Crippen MR) is 99.4 cm³/mol. The minimum atomic E-state index is -0.393. The maximum absolute atomic E-state index is 11.1. The molecule has 0 spiro atoms. The summed E-state index contributed by atoms with van der Waals surface area (Å²) in [5.41, 5.74) is 2.33. The number of nitrogens with zero attached hydrogens (tertiary/aromatic N) is 1. The predicted octanol–water partition coefficient (Wildman–Crippen LogP) is 3.47. The zero-order valence-electron chi connectivity index (χ0n) is 14.7. The molecule has 0 saturated carbocycles. The Morgan fingerprint density at radius 2 is 1.92 bits per heavy atom. The van der Waals surface area contributed by atoms with Crippen LogP contribution in [0, 0.1) is 0 Å². The maximum atomic E-state index is 11.1. The van der Waals surface area contributed by atoms with Crippen LogP contribution in [0.4, 0.5) is 0 Å². The summed E-state index contributed by atoms with van der Waals surface area (Å²) < 4.78 is 15.8. The van der Waals surface area contributed by atoms with Crippen LogP contribution in [0.3, 0.4) is 0 Å². The molecule has 1 atom stereocenters. The van der Waals surface area contributed by atoms with Crippen molar-refractivity contribution < 1.29 is 19.0 Å². The molecule has 0 aromatic heterocycles. The summed E-state index contributed by atoms with van der Waals surface area (Å²) in [5, 5.41) is 0.732. The van der Waals surface area contributed by atoms with Crippen LogP contribution in [-0.2, 0) is 20.8 Å². The Kier molecular flexibility index (Phi) is 6.50. The zero-order valence-corrected chi connectivity index (χ0v) is 15.4. The van der Waals surface area contributed by atoms with Crippen LogP contribution in [0.25, 0.3) is 0 Å². The molecule has 0 aliphatic carbocycles. The van der Waals surface area contributed by atoms with Gasteiger partial charge >= 0.3 is 5.97 Å². The summed E-state index contributed by atoms with van der Waals surface area (Å²) in [6.07, 6.45) is 0.0590. The van der Waals surface area contributed by atoms with E-state index in [1.54, 1.807) is 0 Å². The van der Waals surface area contributed by atoms with Crippen LogP contribution >= 0.6 is 11.6 Å². The number of esters is 1. The lowest BCUT2D eigenvalue weighted by Gasteiger charge is -2.33. The Bertz CT molecular complexity index is 718. The van der Waals surface area contributed by atoms with Crippen molar-refractivity contribution in [2.75, 3.05) is 33.4 Å². The third kappa shape index (κ3) is 5.21. The molecule has 3 rings (SSSR count). The van der Waals surface area contributed by atoms with Gasteiger partial charge in [0.1, 0.15) is 5.75 Å². The van der Waals surface area contributed by atoms with Crippen molar-refractivity contribution in [3.8, 4) is 5.75 Å². The first-order chi connectivity index (χ1) is 12.6. The molecule has 1 heterocycles. The Morgan fingerprint density at radius 1 is 1.19 bits per heavy atom. The van der Waals surface area contributed by atoms with Gasteiger partial charge in [-0.1, -0.05) is 35.9 Å².